The van der Waals surface area contributed by atoms with Gasteiger partial charge in [0, 0.05) is 24.6 Å². The Hall–Kier alpha value is -3.44. The first-order chi connectivity index (χ1) is 15.9. The van der Waals surface area contributed by atoms with E-state index in [1.807, 2.05) is 42.5 Å². The first kappa shape index (κ1) is 22.7. The fourth-order valence-corrected chi connectivity index (χ4v) is 5.00. The highest BCUT2D eigenvalue weighted by Gasteiger charge is 2.31. The van der Waals surface area contributed by atoms with E-state index in [2.05, 4.69) is 37.2 Å². The second-order valence-electron chi connectivity index (χ2n) is 7.54. The van der Waals surface area contributed by atoms with Crippen LogP contribution >= 0.6 is 0 Å². The predicted octanol–water partition coefficient (Wildman–Crippen LogP) is 2.68. The van der Waals surface area contributed by atoms with Crippen LogP contribution in [0.5, 0.6) is 0 Å². The maximum atomic E-state index is 12.7. The molecule has 1 N–H and O–H groups in total. The lowest BCUT2D eigenvalue weighted by molar-refractivity contribution is 0.442. The minimum Gasteiger partial charge on any atom is -0.250 e. The maximum Gasteiger partial charge on any atom is 0.323 e. The zero-order chi connectivity index (χ0) is 23.4. The van der Waals surface area contributed by atoms with Gasteiger partial charge in [-0.05, 0) is 23.3 Å². The molecule has 1 unspecified atom stereocenters. The number of amidine groups is 1. The normalized spacial score (nSPS) is 17.0. The van der Waals surface area contributed by atoms with Crippen molar-refractivity contribution >= 4 is 21.8 Å². The Morgan fingerprint density at radius 1 is 1.09 bits per heavy atom. The van der Waals surface area contributed by atoms with Crippen molar-refractivity contribution in [2.45, 2.75) is 26.7 Å². The molecule has 1 aliphatic heterocycles. The van der Waals surface area contributed by atoms with Crippen molar-refractivity contribution in [1.29, 1.82) is 0 Å². The molecule has 0 radical (unpaired) electrons. The summed E-state index contributed by atoms with van der Waals surface area (Å²) in [6.07, 6.45) is 0. The van der Waals surface area contributed by atoms with Gasteiger partial charge in [-0.15, -0.1) is 14.6 Å². The van der Waals surface area contributed by atoms with Gasteiger partial charge >= 0.3 is 10.2 Å². The third-order valence-corrected chi connectivity index (χ3v) is 7.22. The highest BCUT2D eigenvalue weighted by molar-refractivity contribution is 7.87. The van der Waals surface area contributed by atoms with E-state index in [1.54, 1.807) is 25.8 Å². The van der Waals surface area contributed by atoms with E-state index in [4.69, 9.17) is 5.10 Å². The van der Waals surface area contributed by atoms with Gasteiger partial charge < -0.3 is 0 Å². The molecule has 1 atom stereocenters. The lowest BCUT2D eigenvalue weighted by Gasteiger charge is -2.18. The summed E-state index contributed by atoms with van der Waals surface area (Å²) in [6.45, 7) is 6.49. The number of hydrogen-bond acceptors (Lipinski definition) is 6. The molecule has 0 amide bonds. The molecular formula is C22H26N8O2S. The van der Waals surface area contributed by atoms with E-state index in [1.165, 1.54) is 4.31 Å². The number of hydrogen-bond donors (Lipinski definition) is 1. The lowest BCUT2D eigenvalue weighted by Crippen LogP contribution is -2.32. The highest BCUT2D eigenvalue weighted by atomic mass is 32.2. The lowest BCUT2D eigenvalue weighted by atomic mass is 9.90. The molecular weight excluding hydrogens is 440 g/mol. The topological polar surface area (TPSA) is 120 Å². The standard InChI is InChI=1S/C22H26N8O2S/c1-4-29(5-2)33(31,32)26-16(3)30-15-20(17-9-7-6-8-10-17)21(25-30)18-11-13-19(14-12-18)22-23-27-28-24-22/h6-14,20H,4-5,15H2,1-3H3,(H,23,24,27,28). The van der Waals surface area contributed by atoms with Gasteiger partial charge in [0.15, 0.2) is 0 Å². The Morgan fingerprint density at radius 3 is 2.36 bits per heavy atom. The maximum absolute atomic E-state index is 12.7. The molecule has 1 aromatic heterocycles. The molecule has 0 saturated carbocycles. The SMILES string of the molecule is CCN(CC)S(=O)(=O)N=C(C)N1CC(c2ccccc2)C(c2ccc(-c3nn[nH]n3)cc2)=N1. The average Bonchev–Trinajstić information content (AvgIpc) is 3.51. The summed E-state index contributed by atoms with van der Waals surface area (Å²) >= 11 is 0. The fourth-order valence-electron chi connectivity index (χ4n) is 3.81. The largest absolute Gasteiger partial charge is 0.323 e. The van der Waals surface area contributed by atoms with Gasteiger partial charge in [0.05, 0.1) is 12.3 Å². The molecule has 3 aromatic rings. The summed E-state index contributed by atoms with van der Waals surface area (Å²) in [7, 11) is -3.77. The second-order valence-corrected chi connectivity index (χ2v) is 9.14. The molecule has 2 aromatic carbocycles. The zero-order valence-electron chi connectivity index (χ0n) is 18.8. The number of tetrazole rings is 1. The number of aromatic amines is 1. The Morgan fingerprint density at radius 2 is 1.76 bits per heavy atom. The van der Waals surface area contributed by atoms with Crippen LogP contribution in [0.1, 0.15) is 37.8 Å². The fraction of sp³-hybridized carbons (Fsp3) is 0.318. The summed E-state index contributed by atoms with van der Waals surface area (Å²) in [5.74, 6) is 0.811. The molecule has 10 nitrogen and oxygen atoms in total. The van der Waals surface area contributed by atoms with E-state index in [0.717, 1.165) is 22.4 Å². The first-order valence-electron chi connectivity index (χ1n) is 10.7. The van der Waals surface area contributed by atoms with E-state index in [9.17, 15) is 8.42 Å². The first-order valence-corrected chi connectivity index (χ1v) is 12.1. The van der Waals surface area contributed by atoms with Crippen molar-refractivity contribution in [2.75, 3.05) is 19.6 Å². The summed E-state index contributed by atoms with van der Waals surface area (Å²) in [5, 5.41) is 20.5. The van der Waals surface area contributed by atoms with Crippen LogP contribution < -0.4 is 0 Å². The zero-order valence-corrected chi connectivity index (χ0v) is 19.6. The summed E-state index contributed by atoms with van der Waals surface area (Å²) in [5.41, 5.74) is 3.70. The van der Waals surface area contributed by atoms with Crippen molar-refractivity contribution in [3.63, 3.8) is 0 Å². The van der Waals surface area contributed by atoms with Crippen molar-refractivity contribution in [3.8, 4) is 11.4 Å². The summed E-state index contributed by atoms with van der Waals surface area (Å²) < 4.78 is 30.7. The van der Waals surface area contributed by atoms with Crippen molar-refractivity contribution in [1.82, 2.24) is 29.9 Å². The van der Waals surface area contributed by atoms with Crippen LogP contribution in [0, 0.1) is 0 Å². The second kappa shape index (κ2) is 9.59. The molecule has 1 aliphatic rings. The highest BCUT2D eigenvalue weighted by Crippen LogP contribution is 2.30. The third-order valence-electron chi connectivity index (χ3n) is 5.55. The minimum atomic E-state index is -3.77. The van der Waals surface area contributed by atoms with Gasteiger partial charge in [0.1, 0.15) is 5.84 Å². The van der Waals surface area contributed by atoms with Gasteiger partial charge in [-0.25, -0.2) is 5.01 Å². The van der Waals surface area contributed by atoms with Crippen LogP contribution in [0.2, 0.25) is 0 Å². The third kappa shape index (κ3) is 4.83. The quantitative estimate of drug-likeness (QED) is 0.422. The van der Waals surface area contributed by atoms with Gasteiger partial charge in [0.25, 0.3) is 0 Å². The van der Waals surface area contributed by atoms with E-state index in [-0.39, 0.29) is 5.92 Å². The number of hydrazone groups is 1. The van der Waals surface area contributed by atoms with Crippen molar-refractivity contribution in [2.24, 2.45) is 9.50 Å². The van der Waals surface area contributed by atoms with Crippen LogP contribution in [-0.4, -0.2) is 69.5 Å². The number of nitrogens with one attached hydrogen (secondary N) is 1. The molecule has 2 heterocycles. The monoisotopic (exact) mass is 466 g/mol. The Kier molecular flexibility index (Phi) is 6.61. The van der Waals surface area contributed by atoms with Gasteiger partial charge in [-0.1, -0.05) is 68.4 Å². The molecule has 0 fully saturated rings. The number of aromatic nitrogens is 4. The van der Waals surface area contributed by atoms with Crippen LogP contribution in [0.15, 0.2) is 64.1 Å². The van der Waals surface area contributed by atoms with Crippen molar-refractivity contribution in [3.05, 3.63) is 65.7 Å². The molecule has 0 saturated heterocycles. The Bertz CT molecular complexity index is 1240. The molecule has 33 heavy (non-hydrogen) atoms. The summed E-state index contributed by atoms with van der Waals surface area (Å²) in [4.78, 5) is 0. The Balaban J connectivity index is 1.69. The van der Waals surface area contributed by atoms with Crippen LogP contribution in [0.4, 0.5) is 0 Å². The molecule has 172 valence electrons. The molecule has 0 spiro atoms. The minimum absolute atomic E-state index is 0.0384. The average molecular weight is 467 g/mol. The van der Waals surface area contributed by atoms with E-state index in [0.29, 0.717) is 31.3 Å². The molecule has 0 aliphatic carbocycles. The molecule has 4 rings (SSSR count). The van der Waals surface area contributed by atoms with Gasteiger partial charge in [-0.3, -0.25) is 0 Å². The molecule has 11 heteroatoms. The predicted molar refractivity (Wildman–Crippen MR) is 127 cm³/mol. The van der Waals surface area contributed by atoms with E-state index >= 15 is 0 Å². The van der Waals surface area contributed by atoms with Crippen LogP contribution in [-0.2, 0) is 10.2 Å². The van der Waals surface area contributed by atoms with Crippen LogP contribution in [0.25, 0.3) is 11.4 Å². The van der Waals surface area contributed by atoms with E-state index < -0.39 is 10.2 Å². The number of nitrogens with zero attached hydrogens (tertiary/aromatic N) is 7. The van der Waals surface area contributed by atoms with Crippen LogP contribution in [0.3, 0.4) is 0 Å². The molecule has 0 bridgehead atoms. The van der Waals surface area contributed by atoms with Crippen molar-refractivity contribution < 1.29 is 8.42 Å². The number of H-pyrrole nitrogens is 1. The summed E-state index contributed by atoms with van der Waals surface area (Å²) in [6, 6.07) is 17.8. The number of rotatable bonds is 7. The number of benzene rings is 2. The van der Waals surface area contributed by atoms with Gasteiger partial charge in [-0.2, -0.15) is 23.0 Å². The van der Waals surface area contributed by atoms with Gasteiger partial charge in [0.2, 0.25) is 5.82 Å². The Labute approximate surface area is 193 Å². The smallest absolute Gasteiger partial charge is 0.250 e.